The van der Waals surface area contributed by atoms with Crippen molar-refractivity contribution >= 4 is 23.2 Å². The smallest absolute Gasteiger partial charge is 0.345 e. The second-order valence-electron chi connectivity index (χ2n) is 5.57. The van der Waals surface area contributed by atoms with Crippen molar-refractivity contribution in [2.24, 2.45) is 0 Å². The maximum atomic E-state index is 13.2. The molecule has 0 saturated carbocycles. The van der Waals surface area contributed by atoms with Crippen LogP contribution in [0.4, 0.5) is 26.3 Å². The van der Waals surface area contributed by atoms with E-state index < -0.39 is 41.8 Å². The second-order valence-corrected chi connectivity index (χ2v) is 5.98. The van der Waals surface area contributed by atoms with Crippen molar-refractivity contribution < 1.29 is 31.1 Å². The van der Waals surface area contributed by atoms with Crippen LogP contribution in [0.15, 0.2) is 36.7 Å². The Kier molecular flexibility index (Phi) is 4.96. The molecule has 3 heterocycles. The Morgan fingerprint density at radius 2 is 1.86 bits per heavy atom. The van der Waals surface area contributed by atoms with E-state index in [1.54, 1.807) is 0 Å². The lowest BCUT2D eigenvalue weighted by molar-refractivity contribution is -0.141. The van der Waals surface area contributed by atoms with E-state index in [0.717, 1.165) is 4.40 Å². The Morgan fingerprint density at radius 3 is 2.46 bits per heavy atom. The Hall–Kier alpha value is -2.82. The maximum absolute atomic E-state index is 13.2. The van der Waals surface area contributed by atoms with Crippen LogP contribution in [0.25, 0.3) is 5.65 Å². The summed E-state index contributed by atoms with van der Waals surface area (Å²) in [5, 5.41) is 1.79. The first-order chi connectivity index (χ1) is 13.0. The summed E-state index contributed by atoms with van der Waals surface area (Å²) in [5.74, 6) is -1.14. The van der Waals surface area contributed by atoms with Gasteiger partial charge in [-0.05, 0) is 18.2 Å². The van der Waals surface area contributed by atoms with Crippen molar-refractivity contribution in [3.63, 3.8) is 0 Å². The second kappa shape index (κ2) is 6.97. The molecule has 0 aliphatic rings. The number of fused-ring (bicyclic) bond motifs is 1. The molecule has 0 aliphatic carbocycles. The minimum atomic E-state index is -4.89. The lowest BCUT2D eigenvalue weighted by atomic mass is 10.2. The molecule has 3 rings (SSSR count). The molecule has 0 spiro atoms. The molecule has 5 nitrogen and oxygen atoms in total. The van der Waals surface area contributed by atoms with Crippen molar-refractivity contribution in [1.82, 2.24) is 19.7 Å². The van der Waals surface area contributed by atoms with Crippen molar-refractivity contribution in [3.8, 4) is 0 Å². The summed E-state index contributed by atoms with van der Waals surface area (Å²) >= 11 is 5.73. The van der Waals surface area contributed by atoms with Gasteiger partial charge in [-0.3, -0.25) is 14.2 Å². The fourth-order valence-electron chi connectivity index (χ4n) is 2.41. The summed E-state index contributed by atoms with van der Waals surface area (Å²) in [5.41, 5.74) is -3.46. The summed E-state index contributed by atoms with van der Waals surface area (Å²) in [6.45, 7) is -0.479. The van der Waals surface area contributed by atoms with Gasteiger partial charge in [0.2, 0.25) is 0 Å². The van der Waals surface area contributed by atoms with Crippen molar-refractivity contribution in [2.45, 2.75) is 18.9 Å². The fraction of sp³-hybridized carbons (Fsp3) is 0.188. The zero-order chi connectivity index (χ0) is 20.7. The molecule has 1 N–H and O–H groups in total. The summed E-state index contributed by atoms with van der Waals surface area (Å²) in [4.78, 5) is 19.3. The van der Waals surface area contributed by atoms with Crippen molar-refractivity contribution in [1.29, 1.82) is 0 Å². The molecule has 28 heavy (non-hydrogen) atoms. The number of amides is 1. The van der Waals surface area contributed by atoms with Gasteiger partial charge in [0.15, 0.2) is 5.69 Å². The number of rotatable bonds is 3. The highest BCUT2D eigenvalue weighted by atomic mass is 35.5. The average Bonchev–Trinajstić information content (AvgIpc) is 2.99. The van der Waals surface area contributed by atoms with Crippen LogP contribution in [-0.2, 0) is 18.9 Å². The first-order valence-electron chi connectivity index (χ1n) is 7.52. The molecule has 12 heteroatoms. The number of halogens is 7. The maximum Gasteiger partial charge on any atom is 0.435 e. The lowest BCUT2D eigenvalue weighted by Crippen LogP contribution is -2.27. The Morgan fingerprint density at radius 1 is 1.14 bits per heavy atom. The van der Waals surface area contributed by atoms with Crippen molar-refractivity contribution in [2.75, 3.05) is 0 Å². The van der Waals surface area contributed by atoms with E-state index >= 15 is 0 Å². The van der Waals surface area contributed by atoms with E-state index in [-0.39, 0.29) is 16.4 Å². The summed E-state index contributed by atoms with van der Waals surface area (Å²) in [6, 6.07) is 4.78. The van der Waals surface area contributed by atoms with Crippen LogP contribution in [0.2, 0.25) is 5.02 Å². The summed E-state index contributed by atoms with van der Waals surface area (Å²) < 4.78 is 78.5. The number of alkyl halides is 6. The van der Waals surface area contributed by atoms with Gasteiger partial charge in [0.05, 0.1) is 22.8 Å². The Bertz CT molecular complexity index is 1040. The van der Waals surface area contributed by atoms with E-state index in [9.17, 15) is 31.1 Å². The van der Waals surface area contributed by atoms with Crippen LogP contribution in [-0.4, -0.2) is 20.3 Å². The Labute approximate surface area is 158 Å². The number of imidazole rings is 1. The highest BCUT2D eigenvalue weighted by Crippen LogP contribution is 2.33. The zero-order valence-corrected chi connectivity index (χ0v) is 14.3. The van der Waals surface area contributed by atoms with Crippen molar-refractivity contribution in [3.05, 3.63) is 64.3 Å². The topological polar surface area (TPSA) is 59.3 Å². The third-order valence-corrected chi connectivity index (χ3v) is 4.00. The van der Waals surface area contributed by atoms with Crippen LogP contribution in [0.5, 0.6) is 0 Å². The highest BCUT2D eigenvalue weighted by Gasteiger charge is 2.40. The quantitative estimate of drug-likeness (QED) is 0.638. The number of nitrogens with zero attached hydrogens (tertiary/aromatic N) is 3. The van der Waals surface area contributed by atoms with E-state index in [2.05, 4.69) is 15.3 Å². The molecule has 0 fully saturated rings. The van der Waals surface area contributed by atoms with Crippen LogP contribution in [0.1, 0.15) is 27.4 Å². The fourth-order valence-corrected chi connectivity index (χ4v) is 2.64. The standard InChI is InChI=1S/C16H9ClF6N4O/c17-9-5-8(15(18,19)20)6-24-10(9)7-25-14(28)12-13(16(21,22)23)26-11-3-1-2-4-27(11)12/h1-6H,7H2,(H,25,28). The first kappa shape index (κ1) is 19.9. The number of hydrogen-bond donors (Lipinski definition) is 1. The van der Waals surface area contributed by atoms with Gasteiger partial charge in [0, 0.05) is 12.4 Å². The van der Waals surface area contributed by atoms with Gasteiger partial charge in [-0.2, -0.15) is 26.3 Å². The summed E-state index contributed by atoms with van der Waals surface area (Å²) in [7, 11) is 0. The van der Waals surface area contributed by atoms with Crippen LogP contribution in [0, 0.1) is 0 Å². The number of nitrogens with one attached hydrogen (secondary N) is 1. The minimum absolute atomic E-state index is 0.0920. The highest BCUT2D eigenvalue weighted by molar-refractivity contribution is 6.31. The molecule has 0 bridgehead atoms. The average molecular weight is 423 g/mol. The molecule has 0 aromatic carbocycles. The van der Waals surface area contributed by atoms with Gasteiger partial charge in [-0.25, -0.2) is 4.98 Å². The van der Waals surface area contributed by atoms with Gasteiger partial charge < -0.3 is 5.32 Å². The Balaban J connectivity index is 1.89. The number of aromatic nitrogens is 3. The number of carbonyl (C=O) groups excluding carboxylic acids is 1. The predicted molar refractivity (Wildman–Crippen MR) is 85.6 cm³/mol. The minimum Gasteiger partial charge on any atom is -0.345 e. The normalized spacial score (nSPS) is 12.4. The molecule has 3 aromatic rings. The molecule has 0 saturated heterocycles. The molecule has 1 amide bonds. The summed E-state index contributed by atoms with van der Waals surface area (Å²) in [6.07, 6.45) is -7.79. The number of hydrogen-bond acceptors (Lipinski definition) is 3. The first-order valence-corrected chi connectivity index (χ1v) is 7.90. The van der Waals surface area contributed by atoms with Gasteiger partial charge in [-0.1, -0.05) is 17.7 Å². The zero-order valence-electron chi connectivity index (χ0n) is 13.6. The van der Waals surface area contributed by atoms with Gasteiger partial charge >= 0.3 is 12.4 Å². The molecule has 3 aromatic heterocycles. The third-order valence-electron chi connectivity index (χ3n) is 3.67. The molecular formula is C16H9ClF6N4O. The van der Waals surface area contributed by atoms with E-state index in [0.29, 0.717) is 12.3 Å². The van der Waals surface area contributed by atoms with E-state index in [1.165, 1.54) is 24.4 Å². The van der Waals surface area contributed by atoms with E-state index in [4.69, 9.17) is 11.6 Å². The molecule has 0 aliphatic heterocycles. The predicted octanol–water partition coefficient (Wildman–Crippen LogP) is 4.35. The van der Waals surface area contributed by atoms with E-state index in [1.807, 2.05) is 0 Å². The van der Waals surface area contributed by atoms with Gasteiger partial charge in [0.1, 0.15) is 11.3 Å². The molecule has 0 radical (unpaired) electrons. The lowest BCUT2D eigenvalue weighted by Gasteiger charge is -2.11. The number of carbonyl (C=O) groups is 1. The van der Waals surface area contributed by atoms with Crippen LogP contribution in [0.3, 0.4) is 0 Å². The van der Waals surface area contributed by atoms with Gasteiger partial charge in [-0.15, -0.1) is 0 Å². The number of pyridine rings is 2. The molecular weight excluding hydrogens is 414 g/mol. The molecule has 0 atom stereocenters. The van der Waals surface area contributed by atoms with Gasteiger partial charge in [0.25, 0.3) is 5.91 Å². The molecule has 0 unspecified atom stereocenters. The van der Waals surface area contributed by atoms with Crippen LogP contribution < -0.4 is 5.32 Å². The SMILES string of the molecule is O=C(NCc1ncc(C(F)(F)F)cc1Cl)c1c(C(F)(F)F)nc2ccccn12. The van der Waals surface area contributed by atoms with Crippen LogP contribution >= 0.6 is 11.6 Å². The monoisotopic (exact) mass is 422 g/mol. The largest absolute Gasteiger partial charge is 0.435 e. The third kappa shape index (κ3) is 3.88. The molecule has 148 valence electrons.